The maximum Gasteiger partial charge on any atom is 0.338 e. The Morgan fingerprint density at radius 3 is 2.15 bits per heavy atom. The highest BCUT2D eigenvalue weighted by Gasteiger charge is 2.47. The third-order valence-corrected chi connectivity index (χ3v) is 6.29. The lowest BCUT2D eigenvalue weighted by Gasteiger charge is -2.15. The van der Waals surface area contributed by atoms with Crippen molar-refractivity contribution in [2.24, 2.45) is 11.8 Å². The number of allylic oxidation sites excluding steroid dienone is 2. The molecule has 0 bridgehead atoms. The molecule has 1 fully saturated rings. The molecule has 2 aliphatic rings. The van der Waals surface area contributed by atoms with Crippen LogP contribution in [0.1, 0.15) is 33.6 Å². The molecule has 3 aromatic carbocycles. The molecule has 164 valence electrons. The number of fused-ring (bicyclic) bond motifs is 2. The van der Waals surface area contributed by atoms with E-state index in [9.17, 15) is 19.2 Å². The van der Waals surface area contributed by atoms with Crippen molar-refractivity contribution in [2.45, 2.75) is 12.8 Å². The molecule has 0 saturated carbocycles. The monoisotopic (exact) mass is 439 g/mol. The molecule has 6 heteroatoms. The van der Waals surface area contributed by atoms with Gasteiger partial charge in [0, 0.05) is 5.56 Å². The fourth-order valence-corrected chi connectivity index (χ4v) is 4.56. The van der Waals surface area contributed by atoms with Crippen LogP contribution in [-0.4, -0.2) is 30.2 Å². The minimum atomic E-state index is -0.646. The summed E-state index contributed by atoms with van der Waals surface area (Å²) in [6, 6.07) is 19.1. The van der Waals surface area contributed by atoms with Gasteiger partial charge in [0.25, 0.3) is 0 Å². The number of hydrogen-bond acceptors (Lipinski definition) is 5. The lowest BCUT2D eigenvalue weighted by Crippen LogP contribution is -2.30. The third kappa shape index (κ3) is 3.74. The number of hydrogen-bond donors (Lipinski definition) is 0. The number of rotatable bonds is 5. The summed E-state index contributed by atoms with van der Waals surface area (Å²) in [5, 5.41) is 1.74. The average Bonchev–Trinajstić information content (AvgIpc) is 3.12. The molecular weight excluding hydrogens is 418 g/mol. The molecule has 2 amide bonds. The number of carbonyl (C=O) groups excluding carboxylic acids is 4. The molecule has 2 atom stereocenters. The molecule has 0 aromatic heterocycles. The number of Topliss-reactive ketones (excluding diaryl/α,β-unsaturated/α-hetero) is 1. The minimum absolute atomic E-state index is 0.203. The summed E-state index contributed by atoms with van der Waals surface area (Å²) in [7, 11) is 0. The molecule has 1 saturated heterocycles. The van der Waals surface area contributed by atoms with Crippen LogP contribution in [0, 0.1) is 11.8 Å². The van der Waals surface area contributed by atoms with Gasteiger partial charge in [0.1, 0.15) is 0 Å². The normalized spacial score (nSPS) is 19.6. The molecule has 0 spiro atoms. The van der Waals surface area contributed by atoms with E-state index in [1.54, 1.807) is 24.3 Å². The van der Waals surface area contributed by atoms with Crippen LogP contribution in [0.15, 0.2) is 78.9 Å². The van der Waals surface area contributed by atoms with Crippen LogP contribution >= 0.6 is 0 Å². The highest BCUT2D eigenvalue weighted by molar-refractivity contribution is 6.22. The number of carbonyl (C=O) groups is 4. The Morgan fingerprint density at radius 1 is 0.818 bits per heavy atom. The van der Waals surface area contributed by atoms with Crippen molar-refractivity contribution in [3.63, 3.8) is 0 Å². The van der Waals surface area contributed by atoms with Gasteiger partial charge in [-0.05, 0) is 47.9 Å². The van der Waals surface area contributed by atoms with Crippen molar-refractivity contribution >= 4 is 40.0 Å². The summed E-state index contributed by atoms with van der Waals surface area (Å²) in [4.78, 5) is 51.8. The Bertz CT molecular complexity index is 1280. The predicted octanol–water partition coefficient (Wildman–Crippen LogP) is 4.34. The quantitative estimate of drug-likeness (QED) is 0.256. The van der Waals surface area contributed by atoms with Gasteiger partial charge in [-0.3, -0.25) is 19.3 Å². The van der Waals surface area contributed by atoms with Crippen molar-refractivity contribution in [2.75, 3.05) is 11.5 Å². The molecule has 1 aliphatic carbocycles. The van der Waals surface area contributed by atoms with Crippen LogP contribution < -0.4 is 4.90 Å². The Morgan fingerprint density at radius 2 is 1.45 bits per heavy atom. The highest BCUT2D eigenvalue weighted by atomic mass is 16.5. The van der Waals surface area contributed by atoms with Gasteiger partial charge in [-0.25, -0.2) is 4.79 Å². The zero-order valence-electron chi connectivity index (χ0n) is 17.8. The largest absolute Gasteiger partial charge is 0.454 e. The van der Waals surface area contributed by atoms with E-state index in [4.69, 9.17) is 4.74 Å². The van der Waals surface area contributed by atoms with Crippen LogP contribution in [0.25, 0.3) is 10.8 Å². The van der Waals surface area contributed by atoms with Crippen molar-refractivity contribution in [3.05, 3.63) is 90.0 Å². The predicted molar refractivity (Wildman–Crippen MR) is 123 cm³/mol. The fraction of sp³-hybridized carbons (Fsp3) is 0.185. The molecule has 0 unspecified atom stereocenters. The number of anilines is 1. The van der Waals surface area contributed by atoms with Gasteiger partial charge in [0.05, 0.1) is 23.1 Å². The van der Waals surface area contributed by atoms with Crippen LogP contribution in [0.2, 0.25) is 0 Å². The third-order valence-electron chi connectivity index (χ3n) is 6.29. The van der Waals surface area contributed by atoms with Gasteiger partial charge in [0.2, 0.25) is 17.6 Å². The summed E-state index contributed by atoms with van der Waals surface area (Å²) in [6.45, 7) is -0.381. The molecule has 33 heavy (non-hydrogen) atoms. The first-order valence-corrected chi connectivity index (χ1v) is 10.9. The van der Waals surface area contributed by atoms with Gasteiger partial charge in [-0.15, -0.1) is 0 Å². The van der Waals surface area contributed by atoms with E-state index in [0.717, 1.165) is 10.8 Å². The number of imide groups is 1. The Labute approximate surface area is 190 Å². The maximum absolute atomic E-state index is 12.7. The van der Waals surface area contributed by atoms with E-state index >= 15 is 0 Å². The fourth-order valence-electron chi connectivity index (χ4n) is 4.56. The molecule has 5 rings (SSSR count). The molecule has 6 nitrogen and oxygen atoms in total. The van der Waals surface area contributed by atoms with Gasteiger partial charge in [-0.2, -0.15) is 0 Å². The van der Waals surface area contributed by atoms with Crippen molar-refractivity contribution in [1.29, 1.82) is 0 Å². The average molecular weight is 439 g/mol. The van der Waals surface area contributed by atoms with Gasteiger partial charge in [0.15, 0.2) is 6.61 Å². The Balaban J connectivity index is 1.26. The topological polar surface area (TPSA) is 80.8 Å². The van der Waals surface area contributed by atoms with Crippen LogP contribution in [0.4, 0.5) is 5.69 Å². The SMILES string of the molecule is O=C(OCC(=O)c1cccc2ccccc12)c1ccc(N2C(=O)[C@H]3CC=CC[C@H]3C2=O)cc1. The number of benzene rings is 3. The summed E-state index contributed by atoms with van der Waals surface area (Å²) >= 11 is 0. The number of esters is 1. The van der Waals surface area contributed by atoms with E-state index in [1.165, 1.54) is 17.0 Å². The van der Waals surface area contributed by atoms with Crippen LogP contribution in [-0.2, 0) is 14.3 Å². The Kier molecular flexibility index (Phi) is 5.34. The molecule has 0 radical (unpaired) electrons. The first kappa shape index (κ1) is 20.8. The second-order valence-corrected chi connectivity index (χ2v) is 8.24. The lowest BCUT2D eigenvalue weighted by atomic mass is 9.85. The zero-order valence-corrected chi connectivity index (χ0v) is 17.8. The number of amides is 2. The number of ether oxygens (including phenoxy) is 1. The Hall–Kier alpha value is -4.06. The van der Waals surface area contributed by atoms with Crippen molar-refractivity contribution in [1.82, 2.24) is 0 Å². The molecule has 1 aliphatic heterocycles. The van der Waals surface area contributed by atoms with E-state index in [1.807, 2.05) is 42.5 Å². The van der Waals surface area contributed by atoms with Crippen molar-refractivity contribution in [3.8, 4) is 0 Å². The number of nitrogens with zero attached hydrogens (tertiary/aromatic N) is 1. The van der Waals surface area contributed by atoms with E-state index in [2.05, 4.69) is 0 Å². The summed E-state index contributed by atoms with van der Waals surface area (Å²) < 4.78 is 5.23. The van der Waals surface area contributed by atoms with E-state index < -0.39 is 5.97 Å². The molecule has 3 aromatic rings. The van der Waals surface area contributed by atoms with Crippen molar-refractivity contribution < 1.29 is 23.9 Å². The van der Waals surface area contributed by atoms with Gasteiger partial charge < -0.3 is 4.74 Å². The summed E-state index contributed by atoms with van der Waals surface area (Å²) in [6.07, 6.45) is 5.02. The van der Waals surface area contributed by atoms with Gasteiger partial charge in [-0.1, -0.05) is 54.6 Å². The lowest BCUT2D eigenvalue weighted by molar-refractivity contribution is -0.122. The highest BCUT2D eigenvalue weighted by Crippen LogP contribution is 2.37. The molecule has 0 N–H and O–H groups in total. The summed E-state index contributed by atoms with van der Waals surface area (Å²) in [5.41, 5.74) is 1.17. The van der Waals surface area contributed by atoms with Gasteiger partial charge >= 0.3 is 5.97 Å². The van der Waals surface area contributed by atoms with E-state index in [-0.39, 0.29) is 41.6 Å². The van der Waals surface area contributed by atoms with E-state index in [0.29, 0.717) is 24.1 Å². The van der Waals surface area contributed by atoms with Crippen LogP contribution in [0.3, 0.4) is 0 Å². The second-order valence-electron chi connectivity index (χ2n) is 8.24. The standard InChI is InChI=1S/C27H21NO5/c29-24(21-11-5-7-17-6-1-2-8-20(17)21)16-33-27(32)18-12-14-19(15-13-18)28-25(30)22-9-3-4-10-23(22)26(28)31/h1-8,11-15,22-23H,9-10,16H2/t22-,23+. The maximum atomic E-state index is 12.7. The molecular formula is C27H21NO5. The number of ketones is 1. The first-order valence-electron chi connectivity index (χ1n) is 10.9. The first-order chi connectivity index (χ1) is 16.0. The second kappa shape index (κ2) is 8.47. The summed E-state index contributed by atoms with van der Waals surface area (Å²) in [5.74, 6) is -1.97. The molecule has 1 heterocycles. The smallest absolute Gasteiger partial charge is 0.338 e. The van der Waals surface area contributed by atoms with Crippen LogP contribution in [0.5, 0.6) is 0 Å². The minimum Gasteiger partial charge on any atom is -0.454 e. The zero-order chi connectivity index (χ0) is 22.9.